The van der Waals surface area contributed by atoms with Crippen molar-refractivity contribution < 1.29 is 83.9 Å². The van der Waals surface area contributed by atoms with Crippen LogP contribution in [-0.4, -0.2) is 175 Å². The summed E-state index contributed by atoms with van der Waals surface area (Å²) in [7, 11) is 0. The van der Waals surface area contributed by atoms with E-state index >= 15 is 0 Å². The SMILES string of the molecule is CC(C)=C[C@H]1C[C@](C)(O)[C@@H]2[C@H]3CC[C@@H]4[C@@]5(C)CC[C@H](O[C@@H]6OC[C@H](O)[C@H](O[C@@H]7O[C@H](CO)[C@@H](O)[C@H](O)[C@H]7O)[C@H]6O[C@@H]6O[C@H](C)[C@H](O)[C@H](O)[C@@H]6O)C(C)(C)[C@@H]5CC[C@@]4(C)[C@@]34CO[C@@]2(C4)O1. The van der Waals surface area contributed by atoms with Crippen LogP contribution in [0, 0.1) is 45.3 Å². The predicted octanol–water partition coefficient (Wildman–Crippen LogP) is 0.994. The van der Waals surface area contributed by atoms with E-state index in [0.717, 1.165) is 44.1 Å². The van der Waals surface area contributed by atoms with Gasteiger partial charge in [-0.1, -0.05) is 39.3 Å². The van der Waals surface area contributed by atoms with Gasteiger partial charge in [0.2, 0.25) is 0 Å². The summed E-state index contributed by atoms with van der Waals surface area (Å²) in [5.41, 5.74) is -0.471. The Labute approximate surface area is 376 Å². The van der Waals surface area contributed by atoms with E-state index in [1.165, 1.54) is 6.92 Å². The lowest BCUT2D eigenvalue weighted by Gasteiger charge is -2.70. The van der Waals surface area contributed by atoms with Crippen LogP contribution < -0.4 is 0 Å². The van der Waals surface area contributed by atoms with Gasteiger partial charge >= 0.3 is 0 Å². The van der Waals surface area contributed by atoms with Crippen molar-refractivity contribution in [3.63, 3.8) is 0 Å². The van der Waals surface area contributed by atoms with E-state index in [1.54, 1.807) is 0 Å². The molecule has 9 aliphatic rings. The zero-order valence-corrected chi connectivity index (χ0v) is 38.7. The number of hydrogen-bond acceptors (Lipinski definition) is 17. The monoisotopic (exact) mass is 913 g/mol. The second kappa shape index (κ2) is 16.6. The molecule has 0 unspecified atom stereocenters. The standard InChI is InChI=1S/C47H76O17/c1-21(2)15-23-16-45(8,56)38-24-9-10-28-43(6)13-12-29(42(4,5)27(43)11-14-44(28,7)46(24)19-47(38,64-23)58-20-46)61-41-37(63-39-34(54)32(52)30(50)22(3)59-39)36(25(49)18-57-41)62-40-35(55)33(53)31(51)26(17-48)60-40/h15,22-41,48-56H,9-14,16-20H2,1-8H3/t22-,23+,24-,25+,26-,27+,28-,29+,30+,31-,32+,33+,34+,35-,36+,37-,38+,39+,40+,41+,43+,44-,45+,46+,47+/m1/s1. The zero-order chi connectivity index (χ0) is 46.3. The highest BCUT2D eigenvalue weighted by molar-refractivity contribution is 5.26. The van der Waals surface area contributed by atoms with E-state index in [2.05, 4.69) is 47.6 Å². The van der Waals surface area contributed by atoms with Gasteiger partial charge < -0.3 is 83.9 Å². The van der Waals surface area contributed by atoms with Gasteiger partial charge in [-0.25, -0.2) is 0 Å². The van der Waals surface area contributed by atoms with E-state index in [9.17, 15) is 46.0 Å². The molecule has 2 spiro atoms. The van der Waals surface area contributed by atoms with Gasteiger partial charge in [0, 0.05) is 24.2 Å². The van der Waals surface area contributed by atoms with Crippen molar-refractivity contribution >= 4 is 0 Å². The topological polar surface area (TPSA) is 256 Å². The lowest BCUT2D eigenvalue weighted by molar-refractivity contribution is -0.388. The molecule has 0 radical (unpaired) electrons. The van der Waals surface area contributed by atoms with E-state index in [0.29, 0.717) is 25.4 Å². The number of rotatable bonds is 8. The molecule has 4 saturated carbocycles. The Balaban J connectivity index is 0.974. The first-order chi connectivity index (χ1) is 29.9. The molecule has 17 heteroatoms. The maximum Gasteiger partial charge on any atom is 0.187 e. The first-order valence-electron chi connectivity index (χ1n) is 23.9. The molecule has 9 rings (SSSR count). The average molecular weight is 913 g/mol. The largest absolute Gasteiger partial charge is 0.394 e. The van der Waals surface area contributed by atoms with Gasteiger partial charge in [0.25, 0.3) is 0 Å². The summed E-state index contributed by atoms with van der Waals surface area (Å²) in [6.07, 6.45) is -12.6. The zero-order valence-electron chi connectivity index (χ0n) is 38.7. The smallest absolute Gasteiger partial charge is 0.187 e. The van der Waals surface area contributed by atoms with E-state index < -0.39 is 116 Å². The van der Waals surface area contributed by atoms with Gasteiger partial charge in [0.15, 0.2) is 24.7 Å². The fourth-order valence-corrected chi connectivity index (χ4v) is 15.8. The number of fused-ring (bicyclic) bond motifs is 4. The molecule has 366 valence electrons. The molecule has 5 aliphatic heterocycles. The van der Waals surface area contributed by atoms with Crippen molar-refractivity contribution in [2.75, 3.05) is 19.8 Å². The Kier molecular flexibility index (Phi) is 12.5. The highest BCUT2D eigenvalue weighted by atomic mass is 16.8. The number of aliphatic hydroxyl groups excluding tert-OH is 8. The van der Waals surface area contributed by atoms with Gasteiger partial charge in [-0.3, -0.25) is 0 Å². The number of aliphatic hydroxyl groups is 9. The molecule has 5 heterocycles. The Hall–Kier alpha value is -0.940. The van der Waals surface area contributed by atoms with Gasteiger partial charge in [-0.05, 0) is 100 Å². The molecule has 0 amide bonds. The van der Waals surface area contributed by atoms with E-state index in [-0.39, 0.29) is 46.7 Å². The maximum atomic E-state index is 12.2. The molecule has 4 aliphatic carbocycles. The molecule has 0 aromatic rings. The second-order valence-electron chi connectivity index (χ2n) is 23.0. The molecule has 0 aromatic carbocycles. The Bertz CT molecular complexity index is 1740. The predicted molar refractivity (Wildman–Crippen MR) is 223 cm³/mol. The van der Waals surface area contributed by atoms with Crippen molar-refractivity contribution in [2.45, 2.75) is 216 Å². The number of hydrogen-bond donors (Lipinski definition) is 9. The summed E-state index contributed by atoms with van der Waals surface area (Å²) in [6.45, 7) is 16.7. The van der Waals surface area contributed by atoms with E-state index in [1.807, 2.05) is 6.92 Å². The Morgan fingerprint density at radius 1 is 0.734 bits per heavy atom. The quantitative estimate of drug-likeness (QED) is 0.122. The summed E-state index contributed by atoms with van der Waals surface area (Å²) < 4.78 is 51.0. The molecule has 9 N–H and O–H groups in total. The molecular formula is C47H76O17. The number of allylic oxidation sites excluding steroid dienone is 1. The molecule has 9 fully saturated rings. The molecule has 2 bridgehead atoms. The normalized spacial score (nSPS) is 57.8. The molecule has 64 heavy (non-hydrogen) atoms. The van der Waals surface area contributed by atoms with Crippen LogP contribution in [0.2, 0.25) is 0 Å². The minimum absolute atomic E-state index is 0.0656. The van der Waals surface area contributed by atoms with Gasteiger partial charge in [-0.2, -0.15) is 0 Å². The lowest BCUT2D eigenvalue weighted by Crippen LogP contribution is -2.68. The highest BCUT2D eigenvalue weighted by Gasteiger charge is 2.81. The Morgan fingerprint density at radius 2 is 1.41 bits per heavy atom. The minimum atomic E-state index is -1.79. The van der Waals surface area contributed by atoms with Crippen molar-refractivity contribution in [2.24, 2.45) is 45.3 Å². The van der Waals surface area contributed by atoms with Crippen molar-refractivity contribution in [1.29, 1.82) is 0 Å². The van der Waals surface area contributed by atoms with Crippen molar-refractivity contribution in [3.8, 4) is 0 Å². The second-order valence-corrected chi connectivity index (χ2v) is 23.0. The molecule has 0 aromatic heterocycles. The summed E-state index contributed by atoms with van der Waals surface area (Å²) in [4.78, 5) is 0. The third kappa shape index (κ3) is 7.19. The minimum Gasteiger partial charge on any atom is -0.394 e. The maximum absolute atomic E-state index is 12.2. The van der Waals surface area contributed by atoms with Gasteiger partial charge in [-0.15, -0.1) is 0 Å². The third-order valence-electron chi connectivity index (χ3n) is 18.7. The average Bonchev–Trinajstić information content (AvgIpc) is 3.74. The van der Waals surface area contributed by atoms with Crippen LogP contribution in [0.25, 0.3) is 0 Å². The van der Waals surface area contributed by atoms with Crippen LogP contribution in [0.5, 0.6) is 0 Å². The van der Waals surface area contributed by atoms with Crippen molar-refractivity contribution in [1.82, 2.24) is 0 Å². The summed E-state index contributed by atoms with van der Waals surface area (Å²) in [6, 6.07) is 0. The molecule has 25 atom stereocenters. The molecular weight excluding hydrogens is 836 g/mol. The lowest BCUT2D eigenvalue weighted by atomic mass is 9.35. The van der Waals surface area contributed by atoms with Crippen LogP contribution in [0.4, 0.5) is 0 Å². The van der Waals surface area contributed by atoms with Gasteiger partial charge in [0.1, 0.15) is 61.0 Å². The molecule has 5 saturated heterocycles. The number of ether oxygens (including phenoxy) is 8. The van der Waals surface area contributed by atoms with E-state index in [4.69, 9.17) is 37.9 Å². The summed E-state index contributed by atoms with van der Waals surface area (Å²) >= 11 is 0. The van der Waals surface area contributed by atoms with Gasteiger partial charge in [0.05, 0.1) is 43.7 Å². The Morgan fingerprint density at radius 3 is 2.09 bits per heavy atom. The van der Waals surface area contributed by atoms with Crippen LogP contribution >= 0.6 is 0 Å². The third-order valence-corrected chi connectivity index (χ3v) is 18.7. The summed E-state index contributed by atoms with van der Waals surface area (Å²) in [5.74, 6) is -0.0364. The fraction of sp³-hybridized carbons (Fsp3) is 0.957. The van der Waals surface area contributed by atoms with Crippen molar-refractivity contribution in [3.05, 3.63) is 11.6 Å². The first-order valence-corrected chi connectivity index (χ1v) is 23.9. The van der Waals surface area contributed by atoms with Crippen LogP contribution in [0.3, 0.4) is 0 Å². The fourth-order valence-electron chi connectivity index (χ4n) is 15.8. The van der Waals surface area contributed by atoms with Crippen LogP contribution in [-0.2, 0) is 37.9 Å². The molecule has 17 nitrogen and oxygen atoms in total. The highest BCUT2D eigenvalue weighted by Crippen LogP contribution is 2.80. The van der Waals surface area contributed by atoms with Crippen LogP contribution in [0.1, 0.15) is 107 Å². The van der Waals surface area contributed by atoms with Crippen LogP contribution in [0.15, 0.2) is 11.6 Å². The summed E-state index contributed by atoms with van der Waals surface area (Å²) in [5, 5.41) is 97.7. The first kappa shape index (κ1) is 48.1.